The minimum atomic E-state index is -0.602. The van der Waals surface area contributed by atoms with Crippen molar-refractivity contribution >= 4 is 29.1 Å². The molecule has 1 N–H and O–H groups in total. The molecule has 0 heterocycles. The highest BCUT2D eigenvalue weighted by atomic mass is 35.5. The fourth-order valence-corrected chi connectivity index (χ4v) is 2.51. The van der Waals surface area contributed by atoms with Gasteiger partial charge in [-0.2, -0.15) is 0 Å². The Hall–Kier alpha value is -0.800. The zero-order valence-corrected chi connectivity index (χ0v) is 12.4. The van der Waals surface area contributed by atoms with Crippen molar-refractivity contribution in [3.05, 3.63) is 34.6 Å². The highest BCUT2D eigenvalue weighted by Crippen LogP contribution is 2.19. The van der Waals surface area contributed by atoms with Crippen molar-refractivity contribution in [2.24, 2.45) is 5.92 Å². The Morgan fingerprint density at radius 3 is 2.74 bits per heavy atom. The van der Waals surface area contributed by atoms with Crippen LogP contribution in [0.2, 0.25) is 5.02 Å². The van der Waals surface area contributed by atoms with E-state index in [0.717, 1.165) is 19.3 Å². The zero-order chi connectivity index (χ0) is 14.3. The van der Waals surface area contributed by atoms with Crippen LogP contribution in [0, 0.1) is 11.7 Å². The third kappa shape index (κ3) is 5.00. The second-order valence-corrected chi connectivity index (χ2v) is 5.22. The summed E-state index contributed by atoms with van der Waals surface area (Å²) in [5.74, 6) is -0.203. The number of halogens is 3. The van der Waals surface area contributed by atoms with Crippen molar-refractivity contribution in [3.63, 3.8) is 0 Å². The van der Waals surface area contributed by atoms with E-state index in [2.05, 4.69) is 12.2 Å². The van der Waals surface area contributed by atoms with Crippen LogP contribution in [-0.4, -0.2) is 18.3 Å². The van der Waals surface area contributed by atoms with Gasteiger partial charge in [-0.3, -0.25) is 4.79 Å². The summed E-state index contributed by atoms with van der Waals surface area (Å²) in [4.78, 5) is 11.9. The van der Waals surface area contributed by atoms with Gasteiger partial charge < -0.3 is 5.32 Å². The van der Waals surface area contributed by atoms with Crippen LogP contribution in [-0.2, 0) is 0 Å². The van der Waals surface area contributed by atoms with Gasteiger partial charge in [0, 0.05) is 12.4 Å². The summed E-state index contributed by atoms with van der Waals surface area (Å²) in [7, 11) is 0. The lowest BCUT2D eigenvalue weighted by atomic mass is 10.0. The van der Waals surface area contributed by atoms with Gasteiger partial charge in [0.15, 0.2) is 0 Å². The quantitative estimate of drug-likeness (QED) is 0.750. The minimum Gasteiger partial charge on any atom is -0.352 e. The van der Waals surface area contributed by atoms with Crippen LogP contribution < -0.4 is 5.32 Å². The number of carbonyl (C=O) groups is 1. The molecule has 1 unspecified atom stereocenters. The maximum Gasteiger partial charge on any atom is 0.255 e. The number of hydrogen-bond donors (Lipinski definition) is 1. The van der Waals surface area contributed by atoms with Crippen molar-refractivity contribution < 1.29 is 9.18 Å². The molecule has 5 heteroatoms. The third-order valence-electron chi connectivity index (χ3n) is 2.96. The monoisotopic (exact) mass is 305 g/mol. The van der Waals surface area contributed by atoms with Gasteiger partial charge in [-0.1, -0.05) is 31.0 Å². The summed E-state index contributed by atoms with van der Waals surface area (Å²) < 4.78 is 13.6. The van der Waals surface area contributed by atoms with Gasteiger partial charge in [0.25, 0.3) is 5.91 Å². The van der Waals surface area contributed by atoms with Gasteiger partial charge in [-0.15, -0.1) is 11.6 Å². The number of alkyl halides is 1. The topological polar surface area (TPSA) is 29.1 Å². The fraction of sp³-hybridized carbons (Fsp3) is 0.500. The summed E-state index contributed by atoms with van der Waals surface area (Å²) in [5, 5.41) is 2.86. The zero-order valence-electron chi connectivity index (χ0n) is 10.9. The van der Waals surface area contributed by atoms with E-state index in [1.54, 1.807) is 0 Å². The average molecular weight is 306 g/mol. The van der Waals surface area contributed by atoms with Crippen molar-refractivity contribution in [3.8, 4) is 0 Å². The number of nitrogens with one attached hydrogen (secondary N) is 1. The van der Waals surface area contributed by atoms with Gasteiger partial charge in [-0.05, 0) is 30.9 Å². The maximum atomic E-state index is 13.6. The number of amides is 1. The van der Waals surface area contributed by atoms with Crippen LogP contribution >= 0.6 is 23.2 Å². The Morgan fingerprint density at radius 2 is 2.16 bits per heavy atom. The molecule has 0 radical (unpaired) electrons. The van der Waals surface area contributed by atoms with Crippen LogP contribution in [0.4, 0.5) is 4.39 Å². The van der Waals surface area contributed by atoms with Crippen LogP contribution in [0.15, 0.2) is 18.2 Å². The van der Waals surface area contributed by atoms with Crippen molar-refractivity contribution in [2.45, 2.75) is 26.2 Å². The van der Waals surface area contributed by atoms with Gasteiger partial charge in [0.05, 0.1) is 10.6 Å². The van der Waals surface area contributed by atoms with Gasteiger partial charge in [0.2, 0.25) is 0 Å². The van der Waals surface area contributed by atoms with Crippen molar-refractivity contribution in [1.29, 1.82) is 0 Å². The number of rotatable bonds is 7. The molecule has 1 aromatic rings. The molecule has 0 saturated heterocycles. The first-order valence-electron chi connectivity index (χ1n) is 6.38. The molecule has 0 aliphatic rings. The smallest absolute Gasteiger partial charge is 0.255 e. The lowest BCUT2D eigenvalue weighted by molar-refractivity contribution is 0.0942. The molecule has 0 saturated carbocycles. The second kappa shape index (κ2) is 8.39. The van der Waals surface area contributed by atoms with Crippen LogP contribution in [0.3, 0.4) is 0 Å². The molecule has 0 aliphatic carbocycles. The molecule has 1 rings (SSSR count). The van der Waals surface area contributed by atoms with Crippen molar-refractivity contribution in [1.82, 2.24) is 5.32 Å². The number of carbonyl (C=O) groups excluding carboxylic acids is 1. The Kier molecular flexibility index (Phi) is 7.17. The number of benzene rings is 1. The molecule has 106 valence electrons. The Labute approximate surface area is 123 Å². The third-order valence-corrected chi connectivity index (χ3v) is 3.49. The van der Waals surface area contributed by atoms with E-state index in [9.17, 15) is 9.18 Å². The molecule has 1 aromatic carbocycles. The lowest BCUT2D eigenvalue weighted by Gasteiger charge is -2.16. The maximum absolute atomic E-state index is 13.6. The molecule has 1 atom stereocenters. The summed E-state index contributed by atoms with van der Waals surface area (Å²) in [5.41, 5.74) is -0.0923. The molecule has 0 fully saturated rings. The largest absolute Gasteiger partial charge is 0.352 e. The van der Waals surface area contributed by atoms with Crippen LogP contribution in [0.1, 0.15) is 36.5 Å². The molecule has 19 heavy (non-hydrogen) atoms. The predicted octanol–water partition coefficient (Wildman–Crippen LogP) is 4.25. The molecule has 1 amide bonds. The molecular formula is C14H18Cl2FNO. The molecule has 0 spiro atoms. The lowest BCUT2D eigenvalue weighted by Crippen LogP contribution is -2.30. The van der Waals surface area contributed by atoms with Gasteiger partial charge in [0.1, 0.15) is 5.82 Å². The van der Waals surface area contributed by atoms with E-state index in [0.29, 0.717) is 18.3 Å². The summed E-state index contributed by atoms with van der Waals surface area (Å²) in [6.07, 6.45) is 2.84. The first-order chi connectivity index (χ1) is 9.10. The van der Waals surface area contributed by atoms with E-state index in [-0.39, 0.29) is 10.6 Å². The molecule has 2 nitrogen and oxygen atoms in total. The van der Waals surface area contributed by atoms with Crippen molar-refractivity contribution in [2.75, 3.05) is 12.4 Å². The average Bonchev–Trinajstić information content (AvgIpc) is 2.36. The van der Waals surface area contributed by atoms with E-state index < -0.39 is 11.7 Å². The molecule has 0 aliphatic heterocycles. The molecule has 0 bridgehead atoms. The second-order valence-electron chi connectivity index (χ2n) is 4.44. The Bertz CT molecular complexity index is 400. The van der Waals surface area contributed by atoms with Crippen LogP contribution in [0.25, 0.3) is 0 Å². The van der Waals surface area contributed by atoms with Gasteiger partial charge >= 0.3 is 0 Å². The first kappa shape index (κ1) is 16.3. The molecule has 0 aromatic heterocycles. The molecular weight excluding hydrogens is 288 g/mol. The van der Waals surface area contributed by atoms with E-state index in [1.165, 1.54) is 18.2 Å². The highest BCUT2D eigenvalue weighted by Gasteiger charge is 2.16. The van der Waals surface area contributed by atoms with Crippen LogP contribution in [0.5, 0.6) is 0 Å². The number of hydrogen-bond acceptors (Lipinski definition) is 1. The normalized spacial score (nSPS) is 12.2. The highest BCUT2D eigenvalue weighted by molar-refractivity contribution is 6.33. The summed E-state index contributed by atoms with van der Waals surface area (Å²) in [6, 6.07) is 4.20. The first-order valence-corrected chi connectivity index (χ1v) is 7.29. The Morgan fingerprint density at radius 1 is 1.42 bits per heavy atom. The van der Waals surface area contributed by atoms with Gasteiger partial charge in [-0.25, -0.2) is 4.39 Å². The Balaban J connectivity index is 2.64. The van der Waals surface area contributed by atoms with E-state index in [1.807, 2.05) is 0 Å². The standard InChI is InChI=1S/C14H18Cl2FNO/c1-2-4-10(7-8-15)9-18-14(19)13-11(16)5-3-6-12(13)17/h3,5-6,10H,2,4,7-9H2,1H3,(H,18,19). The minimum absolute atomic E-state index is 0.0923. The predicted molar refractivity (Wildman–Crippen MR) is 77.5 cm³/mol. The summed E-state index contributed by atoms with van der Waals surface area (Å²) >= 11 is 11.6. The fourth-order valence-electron chi connectivity index (χ4n) is 1.95. The SMILES string of the molecule is CCCC(CCCl)CNC(=O)c1c(F)cccc1Cl. The van der Waals surface area contributed by atoms with E-state index >= 15 is 0 Å². The summed E-state index contributed by atoms with van der Waals surface area (Å²) in [6.45, 7) is 2.57. The van der Waals surface area contributed by atoms with E-state index in [4.69, 9.17) is 23.2 Å².